The fraction of sp³-hybridized carbons (Fsp3) is 0.318. The molecule has 31 heavy (non-hydrogen) atoms. The second-order valence-corrected chi connectivity index (χ2v) is 9.53. The normalized spacial score (nSPS) is 12.6. The number of anilines is 1. The second kappa shape index (κ2) is 8.51. The lowest BCUT2D eigenvalue weighted by Gasteiger charge is -2.30. The van der Waals surface area contributed by atoms with Crippen molar-refractivity contribution in [1.29, 1.82) is 0 Å². The predicted octanol–water partition coefficient (Wildman–Crippen LogP) is 4.96. The molecule has 2 heterocycles. The lowest BCUT2D eigenvalue weighted by atomic mass is 9.99. The van der Waals surface area contributed by atoms with E-state index in [1.54, 1.807) is 38.4 Å². The summed E-state index contributed by atoms with van der Waals surface area (Å²) in [6, 6.07) is 8.37. The summed E-state index contributed by atoms with van der Waals surface area (Å²) in [6.45, 7) is 7.67. The molecule has 3 aromatic rings. The van der Waals surface area contributed by atoms with Gasteiger partial charge < -0.3 is 19.6 Å². The number of imidazole rings is 1. The maximum atomic E-state index is 12.1. The number of hydrogen-bond acceptors (Lipinski definition) is 4. The van der Waals surface area contributed by atoms with Gasteiger partial charge in [0.2, 0.25) is 0 Å². The molecule has 0 aliphatic rings. The first-order valence-electron chi connectivity index (χ1n) is 9.61. The zero-order chi connectivity index (χ0) is 23.1. The van der Waals surface area contributed by atoms with Crippen molar-refractivity contribution in [3.63, 3.8) is 0 Å². The van der Waals surface area contributed by atoms with Gasteiger partial charge in [0.05, 0.1) is 17.4 Å². The van der Waals surface area contributed by atoms with E-state index in [4.69, 9.17) is 11.6 Å². The molecular formula is C22H24BrClN4O3. The van der Waals surface area contributed by atoms with E-state index in [0.29, 0.717) is 26.7 Å². The average Bonchev–Trinajstić information content (AvgIpc) is 3.02. The summed E-state index contributed by atoms with van der Waals surface area (Å²) in [5.41, 5.74) is 1.93. The summed E-state index contributed by atoms with van der Waals surface area (Å²) in [7, 11) is 1.68. The maximum Gasteiger partial charge on any atom is 0.356 e. The minimum atomic E-state index is -1.13. The van der Waals surface area contributed by atoms with E-state index in [9.17, 15) is 14.7 Å². The molecule has 0 radical (unpaired) electrons. The summed E-state index contributed by atoms with van der Waals surface area (Å²) in [5.74, 6) is -1.13. The number of carbonyl (C=O) groups is 1. The van der Waals surface area contributed by atoms with Crippen LogP contribution in [0.1, 0.15) is 54.1 Å². The van der Waals surface area contributed by atoms with Crippen molar-refractivity contribution < 1.29 is 9.90 Å². The van der Waals surface area contributed by atoms with Gasteiger partial charge in [-0.05, 0) is 67.4 Å². The summed E-state index contributed by atoms with van der Waals surface area (Å²) >= 11 is 9.53. The van der Waals surface area contributed by atoms with Crippen molar-refractivity contribution >= 4 is 39.2 Å². The summed E-state index contributed by atoms with van der Waals surface area (Å²) in [4.78, 5) is 28.5. The van der Waals surface area contributed by atoms with Crippen LogP contribution in [0.2, 0.25) is 5.02 Å². The van der Waals surface area contributed by atoms with Gasteiger partial charge in [-0.1, -0.05) is 23.7 Å². The monoisotopic (exact) mass is 506 g/mol. The summed E-state index contributed by atoms with van der Waals surface area (Å²) in [5, 5.41) is 13.9. The van der Waals surface area contributed by atoms with Gasteiger partial charge in [0, 0.05) is 29.4 Å². The van der Waals surface area contributed by atoms with Crippen molar-refractivity contribution in [2.75, 3.05) is 5.32 Å². The number of nitrogens with zero attached hydrogens (tertiary/aromatic N) is 3. The Hall–Kier alpha value is -2.58. The first-order valence-corrected chi connectivity index (χ1v) is 10.8. The molecule has 0 aliphatic heterocycles. The van der Waals surface area contributed by atoms with E-state index >= 15 is 0 Å². The molecule has 0 spiro atoms. The number of carboxylic acid groups (broad SMARTS) is 1. The number of nitrogens with one attached hydrogen (secondary N) is 1. The Labute approximate surface area is 193 Å². The second-order valence-electron chi connectivity index (χ2n) is 8.38. The van der Waals surface area contributed by atoms with Crippen LogP contribution in [0.5, 0.6) is 0 Å². The molecule has 2 N–H and O–H groups in total. The van der Waals surface area contributed by atoms with Crippen LogP contribution in [0, 0.1) is 6.92 Å². The summed E-state index contributed by atoms with van der Waals surface area (Å²) < 4.78 is 3.77. The predicted molar refractivity (Wildman–Crippen MR) is 125 cm³/mol. The fourth-order valence-corrected chi connectivity index (χ4v) is 4.58. The Kier molecular flexibility index (Phi) is 6.34. The van der Waals surface area contributed by atoms with Crippen LogP contribution < -0.4 is 10.9 Å². The third-order valence-electron chi connectivity index (χ3n) is 4.90. The number of aromatic carboxylic acids is 1. The van der Waals surface area contributed by atoms with Crippen LogP contribution in [0.25, 0.3) is 0 Å². The molecule has 0 amide bonds. The molecule has 1 aromatic carbocycles. The standard InChI is InChI=1S/C22H24BrClN4O3/c1-12-10-15(11-27(5)19(12)29)25-16(13-6-8-14(24)9-7-13)18-17(20(30)31)26-21(23)28(18)22(2,3)4/h6-11,16,25H,1-5H3,(H,30,31). The number of carboxylic acids is 1. The third-order valence-corrected chi connectivity index (χ3v) is 5.68. The Morgan fingerprint density at radius 1 is 1.26 bits per heavy atom. The number of hydrogen-bond donors (Lipinski definition) is 2. The molecule has 1 atom stereocenters. The third kappa shape index (κ3) is 4.70. The molecule has 0 aliphatic carbocycles. The van der Waals surface area contributed by atoms with Gasteiger partial charge in [-0.3, -0.25) is 4.79 Å². The van der Waals surface area contributed by atoms with Gasteiger partial charge in [-0.15, -0.1) is 0 Å². The average molecular weight is 508 g/mol. The number of aromatic nitrogens is 3. The van der Waals surface area contributed by atoms with Gasteiger partial charge in [0.1, 0.15) is 0 Å². The topological polar surface area (TPSA) is 89.2 Å². The van der Waals surface area contributed by atoms with E-state index in [0.717, 1.165) is 5.56 Å². The number of rotatable bonds is 5. The van der Waals surface area contributed by atoms with Crippen LogP contribution in [0.15, 0.2) is 46.1 Å². The number of aryl methyl sites for hydroxylation is 2. The van der Waals surface area contributed by atoms with Gasteiger partial charge in [0.25, 0.3) is 5.56 Å². The summed E-state index contributed by atoms with van der Waals surface area (Å²) in [6.07, 6.45) is 1.69. The largest absolute Gasteiger partial charge is 0.476 e. The number of halogens is 2. The van der Waals surface area contributed by atoms with Crippen LogP contribution in [-0.4, -0.2) is 25.2 Å². The molecule has 0 saturated carbocycles. The minimum Gasteiger partial charge on any atom is -0.476 e. The van der Waals surface area contributed by atoms with Crippen molar-refractivity contribution in [1.82, 2.24) is 14.1 Å². The minimum absolute atomic E-state index is 0.0595. The van der Waals surface area contributed by atoms with Crippen LogP contribution in [0.4, 0.5) is 5.69 Å². The molecule has 7 nitrogen and oxygen atoms in total. The Morgan fingerprint density at radius 3 is 2.39 bits per heavy atom. The van der Waals surface area contributed by atoms with E-state index in [-0.39, 0.29) is 11.3 Å². The van der Waals surface area contributed by atoms with Crippen molar-refractivity contribution in [2.24, 2.45) is 7.05 Å². The van der Waals surface area contributed by atoms with Gasteiger partial charge in [0.15, 0.2) is 10.4 Å². The highest BCUT2D eigenvalue weighted by Crippen LogP contribution is 2.36. The maximum absolute atomic E-state index is 12.1. The highest BCUT2D eigenvalue weighted by atomic mass is 79.9. The molecule has 164 valence electrons. The van der Waals surface area contributed by atoms with Gasteiger partial charge in [-0.25, -0.2) is 9.78 Å². The van der Waals surface area contributed by atoms with Crippen LogP contribution >= 0.6 is 27.5 Å². The Morgan fingerprint density at radius 2 is 1.87 bits per heavy atom. The molecule has 0 saturated heterocycles. The first kappa shape index (κ1) is 23.1. The lowest BCUT2D eigenvalue weighted by Crippen LogP contribution is -2.29. The zero-order valence-electron chi connectivity index (χ0n) is 17.9. The smallest absolute Gasteiger partial charge is 0.356 e. The molecule has 0 fully saturated rings. The van der Waals surface area contributed by atoms with Crippen molar-refractivity contribution in [3.8, 4) is 0 Å². The number of pyridine rings is 1. The van der Waals surface area contributed by atoms with E-state index in [1.165, 1.54) is 4.57 Å². The quantitative estimate of drug-likeness (QED) is 0.509. The van der Waals surface area contributed by atoms with Gasteiger partial charge in [-0.2, -0.15) is 0 Å². The highest BCUT2D eigenvalue weighted by Gasteiger charge is 2.33. The van der Waals surface area contributed by atoms with Crippen LogP contribution in [-0.2, 0) is 12.6 Å². The van der Waals surface area contributed by atoms with E-state index in [1.807, 2.05) is 37.5 Å². The zero-order valence-corrected chi connectivity index (χ0v) is 20.2. The molecule has 0 bridgehead atoms. The Bertz CT molecular complexity index is 1170. The van der Waals surface area contributed by atoms with Crippen LogP contribution in [0.3, 0.4) is 0 Å². The Balaban J connectivity index is 2.29. The highest BCUT2D eigenvalue weighted by molar-refractivity contribution is 9.10. The van der Waals surface area contributed by atoms with E-state index < -0.39 is 17.6 Å². The molecular weight excluding hydrogens is 484 g/mol. The lowest BCUT2D eigenvalue weighted by molar-refractivity contribution is 0.0689. The van der Waals surface area contributed by atoms with Gasteiger partial charge >= 0.3 is 5.97 Å². The SMILES string of the molecule is Cc1cc(NC(c2ccc(Cl)cc2)c2c(C(=O)O)nc(Br)n2C(C)(C)C)cn(C)c1=O. The van der Waals surface area contributed by atoms with Crippen molar-refractivity contribution in [2.45, 2.75) is 39.3 Å². The molecule has 2 aromatic heterocycles. The fourth-order valence-electron chi connectivity index (χ4n) is 3.55. The molecule has 1 unspecified atom stereocenters. The first-order chi connectivity index (χ1) is 14.4. The molecule has 3 rings (SSSR count). The number of benzene rings is 1. The van der Waals surface area contributed by atoms with Crippen molar-refractivity contribution in [3.05, 3.63) is 79.2 Å². The van der Waals surface area contributed by atoms with E-state index in [2.05, 4.69) is 26.2 Å². The molecule has 9 heteroatoms.